The zero-order chi connectivity index (χ0) is 20.6. The second-order valence-electron chi connectivity index (χ2n) is 7.69. The number of hydrogen-bond donors (Lipinski definition) is 2. The summed E-state index contributed by atoms with van der Waals surface area (Å²) in [4.78, 5) is 61.6. The van der Waals surface area contributed by atoms with Crippen molar-refractivity contribution >= 4 is 35.3 Å². The standard InChI is InChI=1S/C19H21N3O6/c1-19(2,3)28-18(27)16(25)20-12-6-4-5-10-11(12)9-22(17(10)26)13-7-8-14(23)21-15(13)24/h4-6,13H,7-9H2,1-3H3,(H,20,25)(H,21,23,24). The van der Waals surface area contributed by atoms with Crippen molar-refractivity contribution in [2.45, 2.75) is 51.8 Å². The Hall–Kier alpha value is -3.23. The van der Waals surface area contributed by atoms with Crippen molar-refractivity contribution in [1.82, 2.24) is 10.2 Å². The van der Waals surface area contributed by atoms with Crippen LogP contribution in [0.5, 0.6) is 0 Å². The molecule has 0 aromatic heterocycles. The molecule has 4 amide bonds. The lowest BCUT2D eigenvalue weighted by molar-refractivity contribution is -0.161. The van der Waals surface area contributed by atoms with E-state index in [1.54, 1.807) is 39.0 Å². The first kappa shape index (κ1) is 19.5. The van der Waals surface area contributed by atoms with Gasteiger partial charge in [-0.05, 0) is 39.3 Å². The van der Waals surface area contributed by atoms with Crippen LogP contribution in [0.2, 0.25) is 0 Å². The molecule has 0 bridgehead atoms. The largest absolute Gasteiger partial charge is 0.453 e. The van der Waals surface area contributed by atoms with Gasteiger partial charge in [0.2, 0.25) is 11.8 Å². The fraction of sp³-hybridized carbons (Fsp3) is 0.421. The number of benzene rings is 1. The van der Waals surface area contributed by atoms with Crippen LogP contribution in [0.1, 0.15) is 49.5 Å². The number of nitrogens with zero attached hydrogens (tertiary/aromatic N) is 1. The summed E-state index contributed by atoms with van der Waals surface area (Å²) in [6, 6.07) is 3.98. The third-order valence-electron chi connectivity index (χ3n) is 4.41. The van der Waals surface area contributed by atoms with E-state index in [2.05, 4.69) is 10.6 Å². The molecule has 0 saturated carbocycles. The molecule has 1 atom stereocenters. The van der Waals surface area contributed by atoms with Gasteiger partial charge in [0.15, 0.2) is 0 Å². The molecule has 1 unspecified atom stereocenters. The molecule has 2 aliphatic heterocycles. The second kappa shape index (κ2) is 7.06. The van der Waals surface area contributed by atoms with E-state index in [-0.39, 0.29) is 31.2 Å². The van der Waals surface area contributed by atoms with Crippen LogP contribution in [0.4, 0.5) is 5.69 Å². The Morgan fingerprint density at radius 3 is 2.57 bits per heavy atom. The highest BCUT2D eigenvalue weighted by Crippen LogP contribution is 2.32. The molecule has 148 valence electrons. The van der Waals surface area contributed by atoms with Gasteiger partial charge in [-0.3, -0.25) is 24.5 Å². The van der Waals surface area contributed by atoms with Crippen LogP contribution in [0.15, 0.2) is 18.2 Å². The van der Waals surface area contributed by atoms with Gasteiger partial charge in [0.05, 0.1) is 0 Å². The van der Waals surface area contributed by atoms with Crippen LogP contribution in [0, 0.1) is 0 Å². The number of rotatable bonds is 2. The lowest BCUT2D eigenvalue weighted by Gasteiger charge is -2.29. The van der Waals surface area contributed by atoms with Crippen molar-refractivity contribution in [3.8, 4) is 0 Å². The molecule has 1 aromatic carbocycles. The SMILES string of the molecule is CC(C)(C)OC(=O)C(=O)Nc1cccc2c1CN(C1CCC(=O)NC1=O)C2=O. The number of ether oxygens (including phenoxy) is 1. The van der Waals surface area contributed by atoms with Crippen molar-refractivity contribution in [3.05, 3.63) is 29.3 Å². The number of anilines is 1. The van der Waals surface area contributed by atoms with Crippen molar-refractivity contribution in [1.29, 1.82) is 0 Å². The summed E-state index contributed by atoms with van der Waals surface area (Å²) in [6.07, 6.45) is 0.392. The van der Waals surface area contributed by atoms with Crippen molar-refractivity contribution < 1.29 is 28.7 Å². The third-order valence-corrected chi connectivity index (χ3v) is 4.41. The molecule has 2 aliphatic rings. The summed E-state index contributed by atoms with van der Waals surface area (Å²) in [5.74, 6) is -3.22. The summed E-state index contributed by atoms with van der Waals surface area (Å²) in [7, 11) is 0. The van der Waals surface area contributed by atoms with Gasteiger partial charge in [-0.15, -0.1) is 0 Å². The molecular weight excluding hydrogens is 366 g/mol. The van der Waals surface area contributed by atoms with E-state index < -0.39 is 29.4 Å². The number of esters is 1. The monoisotopic (exact) mass is 387 g/mol. The van der Waals surface area contributed by atoms with E-state index in [1.807, 2.05) is 0 Å². The van der Waals surface area contributed by atoms with E-state index in [0.717, 1.165) is 0 Å². The number of hydrogen-bond acceptors (Lipinski definition) is 6. The summed E-state index contributed by atoms with van der Waals surface area (Å²) < 4.78 is 5.04. The van der Waals surface area contributed by atoms with Crippen molar-refractivity contribution in [2.75, 3.05) is 5.32 Å². The minimum absolute atomic E-state index is 0.0885. The van der Waals surface area contributed by atoms with Crippen LogP contribution in [-0.2, 0) is 30.5 Å². The fourth-order valence-corrected chi connectivity index (χ4v) is 3.20. The lowest BCUT2D eigenvalue weighted by atomic mass is 10.0. The zero-order valence-corrected chi connectivity index (χ0v) is 15.8. The number of fused-ring (bicyclic) bond motifs is 1. The highest BCUT2D eigenvalue weighted by atomic mass is 16.6. The Morgan fingerprint density at radius 2 is 1.93 bits per heavy atom. The number of amides is 4. The van der Waals surface area contributed by atoms with Gasteiger partial charge >= 0.3 is 11.9 Å². The molecular formula is C19H21N3O6. The third kappa shape index (κ3) is 3.88. The normalized spacial score (nSPS) is 19.2. The quantitative estimate of drug-likeness (QED) is 0.438. The molecule has 1 fully saturated rings. The molecule has 2 N–H and O–H groups in total. The number of carbonyl (C=O) groups is 5. The maximum absolute atomic E-state index is 12.7. The maximum atomic E-state index is 12.7. The molecule has 9 heteroatoms. The van der Waals surface area contributed by atoms with Crippen molar-refractivity contribution in [3.63, 3.8) is 0 Å². The molecule has 1 aromatic rings. The number of imide groups is 1. The predicted molar refractivity (Wildman–Crippen MR) is 97.0 cm³/mol. The Balaban J connectivity index is 1.79. The van der Waals surface area contributed by atoms with Crippen LogP contribution in [0.3, 0.4) is 0 Å². The van der Waals surface area contributed by atoms with E-state index in [9.17, 15) is 24.0 Å². The minimum Gasteiger partial charge on any atom is -0.453 e. The predicted octanol–water partition coefficient (Wildman–Crippen LogP) is 0.728. The van der Waals surface area contributed by atoms with E-state index in [0.29, 0.717) is 16.8 Å². The van der Waals surface area contributed by atoms with Gasteiger partial charge in [0, 0.05) is 29.8 Å². The average molecular weight is 387 g/mol. The fourth-order valence-electron chi connectivity index (χ4n) is 3.20. The number of nitrogens with one attached hydrogen (secondary N) is 2. The van der Waals surface area contributed by atoms with Crippen LogP contribution < -0.4 is 10.6 Å². The Labute approximate surface area is 161 Å². The first-order valence-electron chi connectivity index (χ1n) is 8.87. The molecule has 1 saturated heterocycles. The summed E-state index contributed by atoms with van der Waals surface area (Å²) in [6.45, 7) is 5.03. The number of carbonyl (C=O) groups excluding carboxylic acids is 5. The van der Waals surface area contributed by atoms with E-state index in [1.165, 1.54) is 4.90 Å². The highest BCUT2D eigenvalue weighted by molar-refractivity contribution is 6.37. The van der Waals surface area contributed by atoms with Gasteiger partial charge < -0.3 is 15.0 Å². The molecule has 9 nitrogen and oxygen atoms in total. The number of piperidine rings is 1. The van der Waals surface area contributed by atoms with Crippen molar-refractivity contribution in [2.24, 2.45) is 0 Å². The molecule has 0 aliphatic carbocycles. The molecule has 0 spiro atoms. The first-order valence-corrected chi connectivity index (χ1v) is 8.87. The molecule has 3 rings (SSSR count). The molecule has 2 heterocycles. The minimum atomic E-state index is -1.03. The van der Waals surface area contributed by atoms with Gasteiger partial charge in [-0.1, -0.05) is 6.07 Å². The molecule has 0 radical (unpaired) electrons. The Morgan fingerprint density at radius 1 is 1.21 bits per heavy atom. The smallest absolute Gasteiger partial charge is 0.397 e. The van der Waals surface area contributed by atoms with Crippen LogP contribution in [-0.4, -0.2) is 46.1 Å². The van der Waals surface area contributed by atoms with E-state index in [4.69, 9.17) is 4.74 Å². The van der Waals surface area contributed by atoms with Gasteiger partial charge in [-0.25, -0.2) is 4.79 Å². The summed E-state index contributed by atoms with van der Waals surface area (Å²) in [5.41, 5.74) is 0.336. The summed E-state index contributed by atoms with van der Waals surface area (Å²) >= 11 is 0. The van der Waals surface area contributed by atoms with Gasteiger partial charge in [-0.2, -0.15) is 0 Å². The van der Waals surface area contributed by atoms with E-state index >= 15 is 0 Å². The maximum Gasteiger partial charge on any atom is 0.397 e. The first-order chi connectivity index (χ1) is 13.1. The second-order valence-corrected chi connectivity index (χ2v) is 7.69. The van der Waals surface area contributed by atoms with Gasteiger partial charge in [0.1, 0.15) is 11.6 Å². The van der Waals surface area contributed by atoms with Crippen LogP contribution in [0.25, 0.3) is 0 Å². The average Bonchev–Trinajstić information content (AvgIpc) is 2.91. The van der Waals surface area contributed by atoms with Crippen LogP contribution >= 0.6 is 0 Å². The Bertz CT molecular complexity index is 886. The molecule has 28 heavy (non-hydrogen) atoms. The summed E-state index contributed by atoms with van der Waals surface area (Å²) in [5, 5.41) is 4.71. The Kier molecular flexibility index (Phi) is 4.93. The zero-order valence-electron chi connectivity index (χ0n) is 15.8. The topological polar surface area (TPSA) is 122 Å². The van der Waals surface area contributed by atoms with Gasteiger partial charge in [0.25, 0.3) is 5.91 Å². The lowest BCUT2D eigenvalue weighted by Crippen LogP contribution is -2.52. The highest BCUT2D eigenvalue weighted by Gasteiger charge is 2.40.